The van der Waals surface area contributed by atoms with Gasteiger partial charge >= 0.3 is 0 Å². The summed E-state index contributed by atoms with van der Waals surface area (Å²) in [6, 6.07) is 0. The van der Waals surface area contributed by atoms with Crippen molar-refractivity contribution >= 4 is 22.4 Å². The third-order valence-corrected chi connectivity index (χ3v) is 4.84. The van der Waals surface area contributed by atoms with Crippen molar-refractivity contribution in [2.45, 2.75) is 64.0 Å². The maximum atomic E-state index is 11.8. The Kier molecular flexibility index (Phi) is 9.26. The van der Waals surface area contributed by atoms with Gasteiger partial charge in [-0.15, -0.1) is 12.4 Å². The first-order valence-corrected chi connectivity index (χ1v) is 8.86. The van der Waals surface area contributed by atoms with Crippen LogP contribution in [0, 0.1) is 0 Å². The largest absolute Gasteiger partial charge is 0.378 e. The number of ether oxygens (including phenoxy) is 1. The number of nitrogens with two attached hydrogens (primary N) is 1. The van der Waals surface area contributed by atoms with Crippen molar-refractivity contribution in [3.05, 3.63) is 0 Å². The van der Waals surface area contributed by atoms with Crippen LogP contribution < -0.4 is 10.5 Å². The van der Waals surface area contributed by atoms with Crippen LogP contribution in [0.1, 0.15) is 52.4 Å². The maximum absolute atomic E-state index is 11.8. The minimum atomic E-state index is -3.28. The predicted molar refractivity (Wildman–Crippen MR) is 84.7 cm³/mol. The Hall–Kier alpha value is 0.120. The molecule has 122 valence electrons. The molecular weight excluding hydrogens is 300 g/mol. The standard InChI is InChI=1S/C13H28N2O3S.ClH/c1-12(2)18-9-10-19(16,17)15-11-13(14)7-5-3-4-6-8-13;/h12,15H,3-11,14H2,1-2H3;1H. The molecule has 0 aliphatic heterocycles. The number of hydrogen-bond acceptors (Lipinski definition) is 4. The van der Waals surface area contributed by atoms with E-state index in [0.29, 0.717) is 6.54 Å². The molecule has 0 amide bonds. The summed E-state index contributed by atoms with van der Waals surface area (Å²) in [5, 5.41) is 0. The maximum Gasteiger partial charge on any atom is 0.213 e. The number of halogens is 1. The highest BCUT2D eigenvalue weighted by atomic mass is 35.5. The van der Waals surface area contributed by atoms with Crippen molar-refractivity contribution in [3.63, 3.8) is 0 Å². The lowest BCUT2D eigenvalue weighted by Crippen LogP contribution is -2.50. The van der Waals surface area contributed by atoms with Crippen molar-refractivity contribution in [2.24, 2.45) is 5.73 Å². The summed E-state index contributed by atoms with van der Waals surface area (Å²) in [5.74, 6) is 0.00125. The van der Waals surface area contributed by atoms with Gasteiger partial charge in [0, 0.05) is 12.1 Å². The van der Waals surface area contributed by atoms with Crippen molar-refractivity contribution in [1.82, 2.24) is 4.72 Å². The lowest BCUT2D eigenvalue weighted by molar-refractivity contribution is 0.0911. The second-order valence-corrected chi connectivity index (χ2v) is 7.76. The van der Waals surface area contributed by atoms with E-state index in [-0.39, 0.29) is 36.4 Å². The van der Waals surface area contributed by atoms with Crippen LogP contribution in [0.15, 0.2) is 0 Å². The van der Waals surface area contributed by atoms with Crippen LogP contribution >= 0.6 is 12.4 Å². The molecule has 0 aromatic carbocycles. The summed E-state index contributed by atoms with van der Waals surface area (Å²) in [4.78, 5) is 0. The Bertz CT molecular complexity index is 353. The average molecular weight is 329 g/mol. The normalized spacial score (nSPS) is 19.4. The van der Waals surface area contributed by atoms with E-state index in [9.17, 15) is 8.42 Å². The van der Waals surface area contributed by atoms with Gasteiger partial charge in [-0.2, -0.15) is 0 Å². The fraction of sp³-hybridized carbons (Fsp3) is 1.00. The van der Waals surface area contributed by atoms with Gasteiger partial charge in [-0.25, -0.2) is 13.1 Å². The molecule has 0 heterocycles. The van der Waals surface area contributed by atoms with Gasteiger partial charge in [0.15, 0.2) is 0 Å². The highest BCUT2D eigenvalue weighted by molar-refractivity contribution is 7.89. The summed E-state index contributed by atoms with van der Waals surface area (Å²) in [6.45, 7) is 4.35. The molecule has 0 spiro atoms. The Morgan fingerprint density at radius 1 is 1.20 bits per heavy atom. The van der Waals surface area contributed by atoms with Gasteiger partial charge < -0.3 is 10.5 Å². The molecule has 0 atom stereocenters. The fourth-order valence-electron chi connectivity index (χ4n) is 2.33. The Labute approximate surface area is 129 Å². The molecule has 3 N–H and O–H groups in total. The van der Waals surface area contributed by atoms with Crippen LogP contribution in [-0.4, -0.2) is 39.0 Å². The predicted octanol–water partition coefficient (Wildman–Crippen LogP) is 1.80. The van der Waals surface area contributed by atoms with Crippen LogP contribution in [-0.2, 0) is 14.8 Å². The Balaban J connectivity index is 0.00000361. The van der Waals surface area contributed by atoms with E-state index in [1.165, 1.54) is 12.8 Å². The summed E-state index contributed by atoms with van der Waals surface area (Å²) in [6.07, 6.45) is 6.44. The molecule has 0 bridgehead atoms. The third kappa shape index (κ3) is 8.42. The summed E-state index contributed by atoms with van der Waals surface area (Å²) in [7, 11) is -3.28. The molecule has 0 aromatic rings. The van der Waals surface area contributed by atoms with Gasteiger partial charge in [-0.05, 0) is 26.7 Å². The zero-order valence-corrected chi connectivity index (χ0v) is 14.2. The summed E-state index contributed by atoms with van der Waals surface area (Å²) in [5.41, 5.74) is 5.91. The van der Waals surface area contributed by atoms with Crippen LogP contribution in [0.4, 0.5) is 0 Å². The molecule has 1 fully saturated rings. The lowest BCUT2D eigenvalue weighted by atomic mass is 9.92. The molecule has 7 heteroatoms. The second kappa shape index (κ2) is 9.20. The van der Waals surface area contributed by atoms with Crippen molar-refractivity contribution in [2.75, 3.05) is 18.9 Å². The molecule has 20 heavy (non-hydrogen) atoms. The number of rotatable bonds is 7. The monoisotopic (exact) mass is 328 g/mol. The zero-order chi connectivity index (χ0) is 14.4. The first-order valence-electron chi connectivity index (χ1n) is 7.21. The van der Waals surface area contributed by atoms with E-state index in [1.54, 1.807) is 0 Å². The molecule has 1 rings (SSSR count). The molecular formula is C13H29ClN2O3S. The van der Waals surface area contributed by atoms with Crippen LogP contribution in [0.2, 0.25) is 0 Å². The fourth-order valence-corrected chi connectivity index (χ4v) is 3.30. The van der Waals surface area contributed by atoms with E-state index in [4.69, 9.17) is 10.5 Å². The highest BCUT2D eigenvalue weighted by Gasteiger charge is 2.27. The van der Waals surface area contributed by atoms with Crippen molar-refractivity contribution in [1.29, 1.82) is 0 Å². The van der Waals surface area contributed by atoms with Crippen LogP contribution in [0.3, 0.4) is 0 Å². The topological polar surface area (TPSA) is 81.4 Å². The van der Waals surface area contributed by atoms with Crippen LogP contribution in [0.25, 0.3) is 0 Å². The highest BCUT2D eigenvalue weighted by Crippen LogP contribution is 2.24. The molecule has 0 saturated heterocycles. The SMILES string of the molecule is CC(C)OCCS(=O)(=O)NCC1(N)CCCCCC1.Cl. The summed E-state index contributed by atoms with van der Waals surface area (Å²) >= 11 is 0. The molecule has 1 aliphatic carbocycles. The average Bonchev–Trinajstić information content (AvgIpc) is 2.52. The van der Waals surface area contributed by atoms with Crippen molar-refractivity contribution < 1.29 is 13.2 Å². The molecule has 0 unspecified atom stereocenters. The smallest absolute Gasteiger partial charge is 0.213 e. The third-order valence-electron chi connectivity index (χ3n) is 3.55. The Morgan fingerprint density at radius 3 is 2.25 bits per heavy atom. The second-order valence-electron chi connectivity index (χ2n) is 5.84. The van der Waals surface area contributed by atoms with Gasteiger partial charge in [0.2, 0.25) is 10.0 Å². The van der Waals surface area contributed by atoms with E-state index in [0.717, 1.165) is 25.7 Å². The first-order chi connectivity index (χ1) is 8.83. The van der Waals surface area contributed by atoms with E-state index >= 15 is 0 Å². The molecule has 5 nitrogen and oxygen atoms in total. The number of nitrogens with one attached hydrogen (secondary N) is 1. The van der Waals surface area contributed by atoms with Crippen LogP contribution in [0.5, 0.6) is 0 Å². The zero-order valence-electron chi connectivity index (χ0n) is 12.6. The Morgan fingerprint density at radius 2 is 1.75 bits per heavy atom. The van der Waals surface area contributed by atoms with Gasteiger partial charge in [0.1, 0.15) is 0 Å². The van der Waals surface area contributed by atoms with E-state index < -0.39 is 10.0 Å². The van der Waals surface area contributed by atoms with Crippen molar-refractivity contribution in [3.8, 4) is 0 Å². The van der Waals surface area contributed by atoms with E-state index in [2.05, 4.69) is 4.72 Å². The van der Waals surface area contributed by atoms with Gasteiger partial charge in [-0.3, -0.25) is 0 Å². The minimum absolute atomic E-state index is 0. The molecule has 1 aliphatic rings. The van der Waals surface area contributed by atoms with Gasteiger partial charge in [-0.1, -0.05) is 25.7 Å². The number of sulfonamides is 1. The quantitative estimate of drug-likeness (QED) is 0.698. The number of hydrogen-bond donors (Lipinski definition) is 2. The molecule has 0 aromatic heterocycles. The summed E-state index contributed by atoms with van der Waals surface area (Å²) < 4.78 is 31.6. The van der Waals surface area contributed by atoms with Gasteiger partial charge in [0.25, 0.3) is 0 Å². The molecule has 0 radical (unpaired) electrons. The minimum Gasteiger partial charge on any atom is -0.378 e. The molecule has 1 saturated carbocycles. The van der Waals surface area contributed by atoms with Gasteiger partial charge in [0.05, 0.1) is 18.5 Å². The first kappa shape index (κ1) is 20.1. The lowest BCUT2D eigenvalue weighted by Gasteiger charge is -2.28. The van der Waals surface area contributed by atoms with E-state index in [1.807, 2.05) is 13.8 Å².